The number of hydrogen-bond acceptors (Lipinski definition) is 4. The number of amides is 1. The fourth-order valence-corrected chi connectivity index (χ4v) is 4.98. The van der Waals surface area contributed by atoms with E-state index in [1.165, 1.54) is 43.6 Å². The van der Waals surface area contributed by atoms with Crippen LogP contribution in [0.3, 0.4) is 0 Å². The number of nitrogens with one attached hydrogen (secondary N) is 1. The van der Waals surface area contributed by atoms with E-state index in [0.29, 0.717) is 6.04 Å². The van der Waals surface area contributed by atoms with E-state index in [-0.39, 0.29) is 5.91 Å². The highest BCUT2D eigenvalue weighted by Crippen LogP contribution is 2.27. The van der Waals surface area contributed by atoms with Crippen molar-refractivity contribution < 1.29 is 4.79 Å². The zero-order valence-corrected chi connectivity index (χ0v) is 16.9. The molecule has 1 amide bonds. The standard InChI is InChI=1S/C21H35N5O/c1-2-26-19-9-8-17(22-10-15-24-11-4-3-5-12-24)16-18(19)20(23-26)21(27)25-13-6-7-14-25/h17,22H,2-16H2,1H3/t17-/m0/s1. The molecule has 0 radical (unpaired) electrons. The number of aryl methyl sites for hydroxylation is 1. The third-order valence-electron chi connectivity index (χ3n) is 6.55. The molecule has 1 aromatic heterocycles. The van der Waals surface area contributed by atoms with Gasteiger partial charge in [-0.15, -0.1) is 0 Å². The molecule has 0 saturated carbocycles. The van der Waals surface area contributed by atoms with E-state index in [1.54, 1.807) is 0 Å². The predicted octanol–water partition coefficient (Wildman–Crippen LogP) is 2.07. The molecule has 0 spiro atoms. The monoisotopic (exact) mass is 373 g/mol. The largest absolute Gasteiger partial charge is 0.337 e. The molecule has 4 rings (SSSR count). The van der Waals surface area contributed by atoms with Crippen molar-refractivity contribution >= 4 is 5.91 Å². The summed E-state index contributed by atoms with van der Waals surface area (Å²) < 4.78 is 2.07. The van der Waals surface area contributed by atoms with Crippen LogP contribution in [-0.2, 0) is 19.4 Å². The highest BCUT2D eigenvalue weighted by atomic mass is 16.2. The molecule has 2 aliphatic heterocycles. The Hall–Kier alpha value is -1.40. The molecule has 6 heteroatoms. The van der Waals surface area contributed by atoms with Crippen LogP contribution in [0.1, 0.15) is 67.2 Å². The van der Waals surface area contributed by atoms with Crippen molar-refractivity contribution in [3.8, 4) is 0 Å². The molecule has 27 heavy (non-hydrogen) atoms. The zero-order chi connectivity index (χ0) is 18.6. The van der Waals surface area contributed by atoms with Gasteiger partial charge in [-0.25, -0.2) is 0 Å². The number of carbonyl (C=O) groups is 1. The van der Waals surface area contributed by atoms with Gasteiger partial charge in [0.1, 0.15) is 0 Å². The Bertz CT molecular complexity index is 643. The molecule has 1 aliphatic carbocycles. The molecular formula is C21H35N5O. The van der Waals surface area contributed by atoms with Crippen LogP contribution in [0, 0.1) is 0 Å². The molecule has 1 aromatic rings. The van der Waals surface area contributed by atoms with E-state index in [1.807, 2.05) is 4.90 Å². The van der Waals surface area contributed by atoms with Gasteiger partial charge in [-0.05, 0) is 65.0 Å². The summed E-state index contributed by atoms with van der Waals surface area (Å²) in [5, 5.41) is 8.50. The van der Waals surface area contributed by atoms with E-state index >= 15 is 0 Å². The van der Waals surface area contributed by atoms with Crippen molar-refractivity contribution in [1.29, 1.82) is 0 Å². The van der Waals surface area contributed by atoms with Crippen LogP contribution >= 0.6 is 0 Å². The zero-order valence-electron chi connectivity index (χ0n) is 16.9. The molecule has 0 unspecified atom stereocenters. The number of aromatic nitrogens is 2. The first kappa shape index (κ1) is 18.9. The normalized spacial score (nSPS) is 23.6. The minimum atomic E-state index is 0.157. The number of hydrogen-bond donors (Lipinski definition) is 1. The van der Waals surface area contributed by atoms with Gasteiger partial charge in [0.15, 0.2) is 5.69 Å². The van der Waals surface area contributed by atoms with Gasteiger partial charge in [0.05, 0.1) is 0 Å². The lowest BCUT2D eigenvalue weighted by Crippen LogP contribution is -2.41. The molecule has 3 aliphatic rings. The summed E-state index contributed by atoms with van der Waals surface area (Å²) in [7, 11) is 0. The molecular weight excluding hydrogens is 338 g/mol. The fraction of sp³-hybridized carbons (Fsp3) is 0.810. The maximum Gasteiger partial charge on any atom is 0.274 e. The van der Waals surface area contributed by atoms with Gasteiger partial charge in [0, 0.05) is 50.0 Å². The molecule has 0 bridgehead atoms. The topological polar surface area (TPSA) is 53.4 Å². The van der Waals surface area contributed by atoms with Gasteiger partial charge in [-0.1, -0.05) is 6.42 Å². The van der Waals surface area contributed by atoms with Gasteiger partial charge in [-0.3, -0.25) is 9.48 Å². The van der Waals surface area contributed by atoms with E-state index in [2.05, 4.69) is 21.8 Å². The Morgan fingerprint density at radius 1 is 1.11 bits per heavy atom. The summed E-state index contributed by atoms with van der Waals surface area (Å²) in [6, 6.07) is 0.474. The van der Waals surface area contributed by atoms with Gasteiger partial charge < -0.3 is 15.1 Å². The molecule has 3 heterocycles. The first-order chi connectivity index (χ1) is 13.3. The Morgan fingerprint density at radius 3 is 2.59 bits per heavy atom. The van der Waals surface area contributed by atoms with Crippen LogP contribution in [0.15, 0.2) is 0 Å². The highest BCUT2D eigenvalue weighted by molar-refractivity contribution is 5.94. The number of nitrogens with zero attached hydrogens (tertiary/aromatic N) is 4. The van der Waals surface area contributed by atoms with E-state index in [9.17, 15) is 4.79 Å². The maximum atomic E-state index is 13.0. The number of rotatable bonds is 6. The van der Waals surface area contributed by atoms with Gasteiger partial charge in [0.2, 0.25) is 0 Å². The molecule has 6 nitrogen and oxygen atoms in total. The smallest absolute Gasteiger partial charge is 0.274 e. The summed E-state index contributed by atoms with van der Waals surface area (Å²) in [6.07, 6.45) is 9.48. The SMILES string of the molecule is CCn1nc(C(=O)N2CCCC2)c2c1CC[C@H](NCCN1CCCCC1)C2. The van der Waals surface area contributed by atoms with Crippen LogP contribution in [0.4, 0.5) is 0 Å². The Kier molecular flexibility index (Phi) is 6.13. The number of likely N-dealkylation sites (tertiary alicyclic amines) is 2. The number of fused-ring (bicyclic) bond motifs is 1. The lowest BCUT2D eigenvalue weighted by atomic mass is 9.91. The number of piperidine rings is 1. The fourth-order valence-electron chi connectivity index (χ4n) is 4.98. The maximum absolute atomic E-state index is 13.0. The van der Waals surface area contributed by atoms with Crippen molar-refractivity contribution in [2.45, 2.75) is 70.9 Å². The van der Waals surface area contributed by atoms with Crippen molar-refractivity contribution in [2.24, 2.45) is 0 Å². The summed E-state index contributed by atoms with van der Waals surface area (Å²) in [5.41, 5.74) is 3.25. The van der Waals surface area contributed by atoms with Gasteiger partial charge in [0.25, 0.3) is 5.91 Å². The summed E-state index contributed by atoms with van der Waals surface area (Å²) in [5.74, 6) is 0.157. The predicted molar refractivity (Wildman–Crippen MR) is 107 cm³/mol. The molecule has 0 aromatic carbocycles. The van der Waals surface area contributed by atoms with Crippen LogP contribution < -0.4 is 5.32 Å². The van der Waals surface area contributed by atoms with Crippen LogP contribution in [-0.4, -0.2) is 70.8 Å². The minimum absolute atomic E-state index is 0.157. The second-order valence-electron chi connectivity index (χ2n) is 8.39. The van der Waals surface area contributed by atoms with Gasteiger partial charge in [-0.2, -0.15) is 5.10 Å². The second-order valence-corrected chi connectivity index (χ2v) is 8.39. The molecule has 2 fully saturated rings. The summed E-state index contributed by atoms with van der Waals surface area (Å²) in [6.45, 7) is 9.48. The second kappa shape index (κ2) is 8.74. The van der Waals surface area contributed by atoms with E-state index < -0.39 is 0 Å². The van der Waals surface area contributed by atoms with Crippen LogP contribution in [0.2, 0.25) is 0 Å². The average Bonchev–Trinajstić information content (AvgIpc) is 3.36. The van der Waals surface area contributed by atoms with Crippen molar-refractivity contribution in [2.75, 3.05) is 39.3 Å². The summed E-state index contributed by atoms with van der Waals surface area (Å²) in [4.78, 5) is 17.6. The first-order valence-electron chi connectivity index (χ1n) is 11.1. The first-order valence-corrected chi connectivity index (χ1v) is 11.1. The lowest BCUT2D eigenvalue weighted by molar-refractivity contribution is 0.0785. The van der Waals surface area contributed by atoms with E-state index in [0.717, 1.165) is 70.5 Å². The molecule has 1 N–H and O–H groups in total. The van der Waals surface area contributed by atoms with Crippen molar-refractivity contribution in [3.05, 3.63) is 17.0 Å². The lowest BCUT2D eigenvalue weighted by Gasteiger charge is -2.29. The third kappa shape index (κ3) is 4.21. The van der Waals surface area contributed by atoms with Crippen molar-refractivity contribution in [1.82, 2.24) is 24.9 Å². The van der Waals surface area contributed by atoms with E-state index in [4.69, 9.17) is 5.10 Å². The molecule has 1 atom stereocenters. The quantitative estimate of drug-likeness (QED) is 0.829. The molecule has 150 valence electrons. The number of carbonyl (C=O) groups excluding carboxylic acids is 1. The van der Waals surface area contributed by atoms with Gasteiger partial charge >= 0.3 is 0 Å². The highest BCUT2D eigenvalue weighted by Gasteiger charge is 2.31. The Balaban J connectivity index is 1.39. The van der Waals surface area contributed by atoms with Crippen LogP contribution in [0.5, 0.6) is 0 Å². The third-order valence-corrected chi connectivity index (χ3v) is 6.55. The Labute approximate surface area is 163 Å². The minimum Gasteiger partial charge on any atom is -0.337 e. The average molecular weight is 374 g/mol. The van der Waals surface area contributed by atoms with Crippen molar-refractivity contribution in [3.63, 3.8) is 0 Å². The Morgan fingerprint density at radius 2 is 1.85 bits per heavy atom. The molecule has 2 saturated heterocycles. The summed E-state index contributed by atoms with van der Waals surface area (Å²) >= 11 is 0. The van der Waals surface area contributed by atoms with Crippen LogP contribution in [0.25, 0.3) is 0 Å².